The van der Waals surface area contributed by atoms with Crippen LogP contribution in [0.1, 0.15) is 15.9 Å². The molecule has 0 spiro atoms. The Balaban J connectivity index is 1.61. The lowest BCUT2D eigenvalue weighted by Crippen LogP contribution is -2.23. The van der Waals surface area contributed by atoms with Gasteiger partial charge in [-0.25, -0.2) is 4.98 Å². The van der Waals surface area contributed by atoms with Crippen molar-refractivity contribution >= 4 is 28.3 Å². The van der Waals surface area contributed by atoms with Crippen molar-refractivity contribution in [2.75, 3.05) is 19.5 Å². The average molecular weight is 413 g/mol. The van der Waals surface area contributed by atoms with E-state index in [1.54, 1.807) is 20.3 Å². The number of nitrogens with one attached hydrogen (secondary N) is 2. The predicted molar refractivity (Wildman–Crippen MR) is 122 cm³/mol. The molecule has 4 rings (SSSR count). The van der Waals surface area contributed by atoms with Crippen LogP contribution in [0.4, 0.5) is 11.5 Å². The van der Waals surface area contributed by atoms with Crippen molar-refractivity contribution < 1.29 is 14.3 Å². The summed E-state index contributed by atoms with van der Waals surface area (Å²) in [7, 11) is 3.24. The zero-order chi connectivity index (χ0) is 21.6. The van der Waals surface area contributed by atoms with E-state index in [1.807, 2.05) is 72.8 Å². The van der Waals surface area contributed by atoms with Gasteiger partial charge in [0.2, 0.25) is 0 Å². The molecule has 3 aromatic carbocycles. The molecule has 0 saturated carbocycles. The lowest BCUT2D eigenvalue weighted by Gasteiger charge is -2.13. The predicted octanol–water partition coefficient (Wildman–Crippen LogP) is 4.93. The van der Waals surface area contributed by atoms with Gasteiger partial charge in [-0.3, -0.25) is 4.79 Å². The molecule has 1 amide bonds. The molecule has 0 fully saturated rings. The van der Waals surface area contributed by atoms with Crippen LogP contribution >= 0.6 is 0 Å². The van der Waals surface area contributed by atoms with Gasteiger partial charge in [0, 0.05) is 11.9 Å². The summed E-state index contributed by atoms with van der Waals surface area (Å²) in [6.07, 6.45) is 0. The Kier molecular flexibility index (Phi) is 5.98. The van der Waals surface area contributed by atoms with Gasteiger partial charge in [-0.05, 0) is 42.0 Å². The molecule has 0 aliphatic heterocycles. The number of ether oxygens (including phenoxy) is 2. The number of para-hydroxylation sites is 3. The van der Waals surface area contributed by atoms with Gasteiger partial charge in [0.15, 0.2) is 0 Å². The van der Waals surface area contributed by atoms with Crippen molar-refractivity contribution in [2.45, 2.75) is 6.54 Å². The summed E-state index contributed by atoms with van der Waals surface area (Å²) in [4.78, 5) is 17.7. The third kappa shape index (κ3) is 4.59. The first kappa shape index (κ1) is 20.2. The number of anilines is 2. The maximum atomic E-state index is 13.1. The van der Waals surface area contributed by atoms with E-state index >= 15 is 0 Å². The highest BCUT2D eigenvalue weighted by Crippen LogP contribution is 2.28. The summed E-state index contributed by atoms with van der Waals surface area (Å²) in [6.45, 7) is 0.411. The first-order chi connectivity index (χ1) is 15.2. The van der Waals surface area contributed by atoms with Crippen LogP contribution in [0.25, 0.3) is 10.9 Å². The van der Waals surface area contributed by atoms with Crippen LogP contribution in [0.2, 0.25) is 0 Å². The minimum atomic E-state index is -0.169. The van der Waals surface area contributed by atoms with E-state index < -0.39 is 0 Å². The molecule has 1 heterocycles. The second-order valence-corrected chi connectivity index (χ2v) is 6.93. The first-order valence-corrected chi connectivity index (χ1v) is 9.89. The Morgan fingerprint density at radius 1 is 0.903 bits per heavy atom. The third-order valence-electron chi connectivity index (χ3n) is 4.94. The average Bonchev–Trinajstić information content (AvgIpc) is 2.82. The smallest absolute Gasteiger partial charge is 0.252 e. The summed E-state index contributed by atoms with van der Waals surface area (Å²) < 4.78 is 10.6. The van der Waals surface area contributed by atoms with Crippen molar-refractivity contribution in [3.05, 3.63) is 90.0 Å². The lowest BCUT2D eigenvalue weighted by atomic mass is 10.1. The number of carbonyl (C=O) groups excluding carboxylic acids is 1. The molecule has 156 valence electrons. The van der Waals surface area contributed by atoms with Crippen LogP contribution in [-0.2, 0) is 6.54 Å². The van der Waals surface area contributed by atoms with Gasteiger partial charge in [0.1, 0.15) is 17.3 Å². The number of amides is 1. The summed E-state index contributed by atoms with van der Waals surface area (Å²) in [5.41, 5.74) is 3.05. The fourth-order valence-corrected chi connectivity index (χ4v) is 3.33. The molecule has 0 unspecified atom stereocenters. The quantitative estimate of drug-likeness (QED) is 0.450. The monoisotopic (exact) mass is 413 g/mol. The molecule has 1 aromatic heterocycles. The van der Waals surface area contributed by atoms with Crippen LogP contribution in [-0.4, -0.2) is 25.1 Å². The van der Waals surface area contributed by atoms with Crippen molar-refractivity contribution in [1.82, 2.24) is 10.3 Å². The number of hydrogen-bond donors (Lipinski definition) is 2. The highest BCUT2D eigenvalue weighted by molar-refractivity contribution is 6.07. The number of rotatable bonds is 7. The van der Waals surface area contributed by atoms with E-state index in [4.69, 9.17) is 9.47 Å². The SMILES string of the molecule is COc1ccc(CNC(=O)c2cc(Nc3ccccc3OC)nc3ccccc23)cc1. The Labute approximate surface area is 180 Å². The molecule has 0 aliphatic rings. The Bertz CT molecular complexity index is 1210. The molecule has 0 saturated heterocycles. The van der Waals surface area contributed by atoms with Crippen LogP contribution in [0.3, 0.4) is 0 Å². The number of carbonyl (C=O) groups is 1. The number of hydrogen-bond acceptors (Lipinski definition) is 5. The van der Waals surface area contributed by atoms with E-state index in [-0.39, 0.29) is 5.91 Å². The number of methoxy groups -OCH3 is 2. The molecule has 0 aliphatic carbocycles. The van der Waals surface area contributed by atoms with Crippen LogP contribution in [0, 0.1) is 0 Å². The molecular weight excluding hydrogens is 390 g/mol. The van der Waals surface area contributed by atoms with Gasteiger partial charge in [-0.2, -0.15) is 0 Å². The van der Waals surface area contributed by atoms with Crippen molar-refractivity contribution in [3.8, 4) is 11.5 Å². The van der Waals surface area contributed by atoms with E-state index in [0.717, 1.165) is 27.9 Å². The van der Waals surface area contributed by atoms with Gasteiger partial charge in [0.25, 0.3) is 5.91 Å². The maximum absolute atomic E-state index is 13.1. The van der Waals surface area contributed by atoms with Crippen LogP contribution < -0.4 is 20.1 Å². The minimum Gasteiger partial charge on any atom is -0.497 e. The number of fused-ring (bicyclic) bond motifs is 1. The first-order valence-electron chi connectivity index (χ1n) is 9.89. The second-order valence-electron chi connectivity index (χ2n) is 6.93. The molecular formula is C25H23N3O3. The largest absolute Gasteiger partial charge is 0.497 e. The molecule has 31 heavy (non-hydrogen) atoms. The summed E-state index contributed by atoms with van der Waals surface area (Å²) in [5.74, 6) is 1.88. The molecule has 2 N–H and O–H groups in total. The van der Waals surface area contributed by atoms with E-state index in [2.05, 4.69) is 15.6 Å². The van der Waals surface area contributed by atoms with Crippen molar-refractivity contribution in [1.29, 1.82) is 0 Å². The Hall–Kier alpha value is -4.06. The van der Waals surface area contributed by atoms with E-state index in [0.29, 0.717) is 23.7 Å². The highest BCUT2D eigenvalue weighted by atomic mass is 16.5. The lowest BCUT2D eigenvalue weighted by molar-refractivity contribution is 0.0952. The second kappa shape index (κ2) is 9.17. The Morgan fingerprint density at radius 3 is 2.42 bits per heavy atom. The Morgan fingerprint density at radius 2 is 1.65 bits per heavy atom. The number of pyridine rings is 1. The van der Waals surface area contributed by atoms with Gasteiger partial charge in [-0.15, -0.1) is 0 Å². The minimum absolute atomic E-state index is 0.169. The van der Waals surface area contributed by atoms with Crippen LogP contribution in [0.5, 0.6) is 11.5 Å². The standard InChI is InChI=1S/C25H23N3O3/c1-30-18-13-11-17(12-14-18)16-26-25(29)20-15-24(27-21-8-4-3-7-19(20)21)28-22-9-5-6-10-23(22)31-2/h3-15H,16H2,1-2H3,(H,26,29)(H,27,28). The number of aromatic nitrogens is 1. The van der Waals surface area contributed by atoms with Crippen LogP contribution in [0.15, 0.2) is 78.9 Å². The molecule has 6 heteroatoms. The molecule has 0 bridgehead atoms. The summed E-state index contributed by atoms with van der Waals surface area (Å²) in [6, 6.07) is 24.5. The fraction of sp³-hybridized carbons (Fsp3) is 0.120. The zero-order valence-corrected chi connectivity index (χ0v) is 17.4. The molecule has 6 nitrogen and oxygen atoms in total. The molecule has 0 atom stereocenters. The maximum Gasteiger partial charge on any atom is 0.252 e. The van der Waals surface area contributed by atoms with Crippen molar-refractivity contribution in [3.63, 3.8) is 0 Å². The summed E-state index contributed by atoms with van der Waals surface area (Å²) >= 11 is 0. The summed E-state index contributed by atoms with van der Waals surface area (Å²) in [5, 5.41) is 7.06. The zero-order valence-electron chi connectivity index (χ0n) is 17.4. The normalized spacial score (nSPS) is 10.5. The van der Waals surface area contributed by atoms with E-state index in [9.17, 15) is 4.79 Å². The topological polar surface area (TPSA) is 72.5 Å². The number of nitrogens with zero attached hydrogens (tertiary/aromatic N) is 1. The van der Waals surface area contributed by atoms with Gasteiger partial charge >= 0.3 is 0 Å². The van der Waals surface area contributed by atoms with Gasteiger partial charge in [0.05, 0.1) is 31.0 Å². The number of benzene rings is 3. The third-order valence-corrected chi connectivity index (χ3v) is 4.94. The van der Waals surface area contributed by atoms with Gasteiger partial charge < -0.3 is 20.1 Å². The molecule has 0 radical (unpaired) electrons. The van der Waals surface area contributed by atoms with E-state index in [1.165, 1.54) is 0 Å². The molecule has 4 aromatic rings. The fourth-order valence-electron chi connectivity index (χ4n) is 3.33. The highest BCUT2D eigenvalue weighted by Gasteiger charge is 2.14. The van der Waals surface area contributed by atoms with Gasteiger partial charge in [-0.1, -0.05) is 42.5 Å². The van der Waals surface area contributed by atoms with Crippen molar-refractivity contribution in [2.24, 2.45) is 0 Å².